The molecule has 0 saturated heterocycles. The molecule has 0 heterocycles. The molecule has 0 radical (unpaired) electrons. The molecule has 0 aromatic heterocycles. The largest absolute Gasteiger partial charge is 0.320 e. The summed E-state index contributed by atoms with van der Waals surface area (Å²) in [7, 11) is -0.571. The van der Waals surface area contributed by atoms with Gasteiger partial charge in [-0.05, 0) is 32.1 Å². The van der Waals surface area contributed by atoms with Crippen molar-refractivity contribution in [3.63, 3.8) is 0 Å². The zero-order chi connectivity index (χ0) is 15.3. The van der Waals surface area contributed by atoms with Gasteiger partial charge in [-0.3, -0.25) is 4.72 Å². The van der Waals surface area contributed by atoms with Crippen LogP contribution in [-0.4, -0.2) is 39.9 Å². The maximum Gasteiger partial charge on any atom is 0.301 e. The van der Waals surface area contributed by atoms with Gasteiger partial charge in [0.15, 0.2) is 0 Å². The summed E-state index contributed by atoms with van der Waals surface area (Å²) in [6.45, 7) is 1.02. The van der Waals surface area contributed by atoms with E-state index in [2.05, 4.69) is 10.0 Å². The Morgan fingerprint density at radius 1 is 1.30 bits per heavy atom. The molecular formula is C11H16Cl2FN3O2S. The predicted molar refractivity (Wildman–Crippen MR) is 80.1 cm³/mol. The van der Waals surface area contributed by atoms with Crippen molar-refractivity contribution >= 4 is 39.1 Å². The molecule has 0 spiro atoms. The molecule has 1 rings (SSSR count). The number of nitrogens with zero attached hydrogens (tertiary/aromatic N) is 1. The van der Waals surface area contributed by atoms with Crippen LogP contribution in [0, 0.1) is 5.82 Å². The zero-order valence-electron chi connectivity index (χ0n) is 11.1. The van der Waals surface area contributed by atoms with E-state index in [4.69, 9.17) is 23.2 Å². The normalized spacial score (nSPS) is 11.9. The fourth-order valence-corrected chi connectivity index (χ4v) is 3.12. The molecule has 0 atom stereocenters. The lowest BCUT2D eigenvalue weighted by Gasteiger charge is -2.19. The Labute approximate surface area is 128 Å². The number of nitrogens with one attached hydrogen (secondary N) is 2. The van der Waals surface area contributed by atoms with Gasteiger partial charge >= 0.3 is 10.2 Å². The Morgan fingerprint density at radius 2 is 1.85 bits per heavy atom. The first-order valence-corrected chi connectivity index (χ1v) is 8.00. The van der Waals surface area contributed by atoms with Gasteiger partial charge in [0.25, 0.3) is 0 Å². The Morgan fingerprint density at radius 3 is 2.35 bits per heavy atom. The lowest BCUT2D eigenvalue weighted by Crippen LogP contribution is -2.34. The van der Waals surface area contributed by atoms with Crippen LogP contribution in [0.25, 0.3) is 0 Å². The van der Waals surface area contributed by atoms with Gasteiger partial charge in [-0.2, -0.15) is 12.7 Å². The van der Waals surface area contributed by atoms with Crippen LogP contribution >= 0.6 is 23.2 Å². The van der Waals surface area contributed by atoms with E-state index in [0.29, 0.717) is 19.5 Å². The average molecular weight is 344 g/mol. The second kappa shape index (κ2) is 7.42. The lowest BCUT2D eigenvalue weighted by atomic mass is 10.3. The molecule has 0 unspecified atom stereocenters. The van der Waals surface area contributed by atoms with Crippen molar-refractivity contribution in [2.75, 3.05) is 31.9 Å². The van der Waals surface area contributed by atoms with E-state index in [1.165, 1.54) is 7.05 Å². The quantitative estimate of drug-likeness (QED) is 0.747. The number of hydrogen-bond acceptors (Lipinski definition) is 3. The van der Waals surface area contributed by atoms with Gasteiger partial charge in [0, 0.05) is 13.6 Å². The Balaban J connectivity index is 2.86. The predicted octanol–water partition coefficient (Wildman–Crippen LogP) is 2.33. The van der Waals surface area contributed by atoms with Crippen LogP contribution in [0.4, 0.5) is 10.1 Å². The van der Waals surface area contributed by atoms with Crippen LogP contribution in [0.1, 0.15) is 6.42 Å². The van der Waals surface area contributed by atoms with Crippen molar-refractivity contribution in [3.05, 3.63) is 28.0 Å². The summed E-state index contributed by atoms with van der Waals surface area (Å²) >= 11 is 11.6. The van der Waals surface area contributed by atoms with Crippen LogP contribution in [0.15, 0.2) is 12.1 Å². The first-order valence-electron chi connectivity index (χ1n) is 5.81. The Bertz CT molecular complexity index is 546. The minimum absolute atomic E-state index is 0.0322. The number of benzene rings is 1. The minimum Gasteiger partial charge on any atom is -0.320 e. The van der Waals surface area contributed by atoms with Gasteiger partial charge in [0.1, 0.15) is 5.82 Å². The first-order chi connectivity index (χ1) is 9.27. The molecule has 0 aliphatic carbocycles. The van der Waals surface area contributed by atoms with E-state index in [-0.39, 0.29) is 15.7 Å². The lowest BCUT2D eigenvalue weighted by molar-refractivity contribution is 0.462. The van der Waals surface area contributed by atoms with Crippen molar-refractivity contribution in [2.24, 2.45) is 0 Å². The van der Waals surface area contributed by atoms with Gasteiger partial charge < -0.3 is 5.32 Å². The third-order valence-corrected chi connectivity index (χ3v) is 4.61. The highest BCUT2D eigenvalue weighted by molar-refractivity contribution is 7.90. The zero-order valence-corrected chi connectivity index (χ0v) is 13.4. The summed E-state index contributed by atoms with van der Waals surface area (Å²) < 4.78 is 40.6. The molecule has 9 heteroatoms. The summed E-state index contributed by atoms with van der Waals surface area (Å²) in [6, 6.07) is 1.98. The third-order valence-electron chi connectivity index (χ3n) is 2.55. The number of halogens is 3. The van der Waals surface area contributed by atoms with Gasteiger partial charge in [0.05, 0.1) is 15.7 Å². The molecule has 0 saturated carbocycles. The van der Waals surface area contributed by atoms with Crippen molar-refractivity contribution in [2.45, 2.75) is 6.42 Å². The maximum atomic E-state index is 13.0. The highest BCUT2D eigenvalue weighted by Gasteiger charge is 2.20. The van der Waals surface area contributed by atoms with Crippen LogP contribution < -0.4 is 10.0 Å². The van der Waals surface area contributed by atoms with E-state index >= 15 is 0 Å². The number of hydrogen-bond donors (Lipinski definition) is 2. The highest BCUT2D eigenvalue weighted by atomic mass is 35.5. The molecule has 1 aromatic carbocycles. The first kappa shape index (κ1) is 17.5. The fraction of sp³-hybridized carbons (Fsp3) is 0.455. The highest BCUT2D eigenvalue weighted by Crippen LogP contribution is 2.32. The summed E-state index contributed by atoms with van der Waals surface area (Å²) in [5.74, 6) is -0.634. The van der Waals surface area contributed by atoms with Gasteiger partial charge in [-0.15, -0.1) is 0 Å². The summed E-state index contributed by atoms with van der Waals surface area (Å²) in [5, 5.41) is 2.73. The van der Waals surface area contributed by atoms with Gasteiger partial charge in [-0.25, -0.2) is 4.39 Å². The molecule has 0 fully saturated rings. The summed E-state index contributed by atoms with van der Waals surface area (Å²) in [6.07, 6.45) is 0.652. The topological polar surface area (TPSA) is 61.4 Å². The van der Waals surface area contributed by atoms with E-state index in [9.17, 15) is 12.8 Å². The maximum absolute atomic E-state index is 13.0. The van der Waals surface area contributed by atoms with Crippen LogP contribution in [0.5, 0.6) is 0 Å². The standard InChI is InChI=1S/C11H16Cl2FN3O2S/c1-15-4-3-5-17(2)20(18,19)16-11-9(12)6-8(14)7-10(11)13/h6-7,15-16H,3-5H2,1-2H3. The van der Waals surface area contributed by atoms with Crippen molar-refractivity contribution in [1.29, 1.82) is 0 Å². The smallest absolute Gasteiger partial charge is 0.301 e. The van der Waals surface area contributed by atoms with Crippen molar-refractivity contribution < 1.29 is 12.8 Å². The number of anilines is 1. The number of rotatable bonds is 7. The molecule has 2 N–H and O–H groups in total. The van der Waals surface area contributed by atoms with E-state index < -0.39 is 16.0 Å². The van der Waals surface area contributed by atoms with E-state index in [1.807, 2.05) is 0 Å². The average Bonchev–Trinajstić information content (AvgIpc) is 2.34. The van der Waals surface area contributed by atoms with Gasteiger partial charge in [-0.1, -0.05) is 23.2 Å². The Kier molecular flexibility index (Phi) is 6.47. The fourth-order valence-electron chi connectivity index (χ4n) is 1.45. The van der Waals surface area contributed by atoms with Crippen LogP contribution in [0.2, 0.25) is 10.0 Å². The molecule has 0 bridgehead atoms. The monoisotopic (exact) mass is 343 g/mol. The molecule has 0 aliphatic heterocycles. The molecular weight excluding hydrogens is 328 g/mol. The molecule has 114 valence electrons. The molecule has 0 amide bonds. The van der Waals surface area contributed by atoms with Gasteiger partial charge in [0.2, 0.25) is 0 Å². The van der Waals surface area contributed by atoms with Crippen LogP contribution in [0.3, 0.4) is 0 Å². The minimum atomic E-state index is -3.79. The SMILES string of the molecule is CNCCCN(C)S(=O)(=O)Nc1c(Cl)cc(F)cc1Cl. The third kappa shape index (κ3) is 4.75. The van der Waals surface area contributed by atoms with Crippen molar-refractivity contribution in [1.82, 2.24) is 9.62 Å². The molecule has 1 aromatic rings. The molecule has 0 aliphatic rings. The molecule has 20 heavy (non-hydrogen) atoms. The van der Waals surface area contributed by atoms with Crippen LogP contribution in [-0.2, 0) is 10.2 Å². The molecule has 5 nitrogen and oxygen atoms in total. The van der Waals surface area contributed by atoms with E-state index in [0.717, 1.165) is 16.4 Å². The van der Waals surface area contributed by atoms with E-state index in [1.54, 1.807) is 7.05 Å². The Hall–Kier alpha value is -0.600. The second-order valence-corrected chi connectivity index (χ2v) is 6.72. The summed E-state index contributed by atoms with van der Waals surface area (Å²) in [5.41, 5.74) is -0.0322. The van der Waals surface area contributed by atoms with Crippen molar-refractivity contribution in [3.8, 4) is 0 Å². The summed E-state index contributed by atoms with van der Waals surface area (Å²) in [4.78, 5) is 0. The second-order valence-electron chi connectivity index (χ2n) is 4.13.